The number of para-hydroxylation sites is 1. The maximum absolute atomic E-state index is 13.4. The van der Waals surface area contributed by atoms with Gasteiger partial charge in [0.1, 0.15) is 9.90 Å². The van der Waals surface area contributed by atoms with Crippen molar-refractivity contribution >= 4 is 27.3 Å². The Labute approximate surface area is 185 Å². The summed E-state index contributed by atoms with van der Waals surface area (Å²) in [5.74, 6) is 0.400. The zero-order valence-corrected chi connectivity index (χ0v) is 18.6. The highest BCUT2D eigenvalue weighted by Crippen LogP contribution is 2.40. The minimum atomic E-state index is -3.50. The summed E-state index contributed by atoms with van der Waals surface area (Å²) in [7, 11) is -3.50. The molecule has 1 N–H and O–H groups in total. The van der Waals surface area contributed by atoms with Crippen LogP contribution in [0, 0.1) is 0 Å². The summed E-state index contributed by atoms with van der Waals surface area (Å²) >= 11 is 1.21. The molecular weight excluding hydrogens is 432 g/mol. The molecule has 1 aliphatic heterocycles. The summed E-state index contributed by atoms with van der Waals surface area (Å²) < 4.78 is 29.8. The number of hydrogen-bond acceptors (Lipinski definition) is 5. The Bertz CT molecular complexity index is 1160. The van der Waals surface area contributed by atoms with E-state index in [1.165, 1.54) is 11.3 Å². The van der Waals surface area contributed by atoms with Crippen LogP contribution in [0.15, 0.2) is 58.1 Å². The number of likely N-dealkylation sites (tertiary alicyclic amines) is 1. The molecule has 3 heterocycles. The van der Waals surface area contributed by atoms with E-state index in [2.05, 4.69) is 4.72 Å². The van der Waals surface area contributed by atoms with Crippen molar-refractivity contribution in [3.05, 3.63) is 65.3 Å². The number of aromatic nitrogens is 2. The number of benzene rings is 1. The Morgan fingerprint density at radius 1 is 1.03 bits per heavy atom. The van der Waals surface area contributed by atoms with E-state index in [0.717, 1.165) is 24.2 Å². The molecule has 1 aromatic carbocycles. The standard InChI is InChI=1S/C22H24N4O3S2/c27-22(20-15-19(16-8-9-16)23-26(20)18-5-2-1-3-6-18)25-12-10-17(11-13-25)24-31(28,29)21-7-4-14-30-21/h1-7,14-17,24H,8-13H2. The Morgan fingerprint density at radius 3 is 2.42 bits per heavy atom. The zero-order chi connectivity index (χ0) is 21.4. The van der Waals surface area contributed by atoms with Gasteiger partial charge in [-0.2, -0.15) is 5.10 Å². The minimum absolute atomic E-state index is 0.0529. The molecule has 0 spiro atoms. The SMILES string of the molecule is O=C(c1cc(C2CC2)nn1-c1ccccc1)N1CCC(NS(=O)(=O)c2cccs2)CC1. The maximum atomic E-state index is 13.4. The number of nitrogens with zero attached hydrogens (tertiary/aromatic N) is 3. The Kier molecular flexibility index (Phi) is 5.41. The van der Waals surface area contributed by atoms with E-state index in [9.17, 15) is 13.2 Å². The van der Waals surface area contributed by atoms with Gasteiger partial charge in [-0.15, -0.1) is 11.3 Å². The molecule has 2 fully saturated rings. The van der Waals surface area contributed by atoms with Crippen LogP contribution in [0.25, 0.3) is 5.69 Å². The molecule has 0 radical (unpaired) electrons. The van der Waals surface area contributed by atoms with E-state index in [4.69, 9.17) is 5.10 Å². The van der Waals surface area contributed by atoms with Crippen LogP contribution in [0.2, 0.25) is 0 Å². The van der Waals surface area contributed by atoms with Crippen molar-refractivity contribution in [2.75, 3.05) is 13.1 Å². The molecule has 7 nitrogen and oxygen atoms in total. The third-order valence-corrected chi connectivity index (χ3v) is 8.73. The molecule has 5 rings (SSSR count). The van der Waals surface area contributed by atoms with Gasteiger partial charge in [0.05, 0.1) is 11.4 Å². The number of rotatable bonds is 6. The number of thiophene rings is 1. The fourth-order valence-electron chi connectivity index (χ4n) is 3.95. The second-order valence-electron chi connectivity index (χ2n) is 8.10. The van der Waals surface area contributed by atoms with E-state index in [-0.39, 0.29) is 11.9 Å². The summed E-state index contributed by atoms with van der Waals surface area (Å²) in [6.07, 6.45) is 3.42. The number of carbonyl (C=O) groups excluding carboxylic acids is 1. The highest BCUT2D eigenvalue weighted by atomic mass is 32.2. The number of piperidine rings is 1. The fourth-order valence-corrected chi connectivity index (χ4v) is 6.27. The molecule has 0 atom stereocenters. The summed E-state index contributed by atoms with van der Waals surface area (Å²) in [6.45, 7) is 1.02. The normalized spacial score (nSPS) is 17.7. The quantitative estimate of drug-likeness (QED) is 0.616. The van der Waals surface area contributed by atoms with Crippen molar-refractivity contribution in [1.29, 1.82) is 0 Å². The molecular formula is C22H24N4O3S2. The summed E-state index contributed by atoms with van der Waals surface area (Å²) in [4.78, 5) is 15.2. The van der Waals surface area contributed by atoms with Crippen molar-refractivity contribution in [2.45, 2.75) is 41.9 Å². The van der Waals surface area contributed by atoms with Gasteiger partial charge in [-0.3, -0.25) is 4.79 Å². The lowest BCUT2D eigenvalue weighted by Gasteiger charge is -2.32. The first-order chi connectivity index (χ1) is 15.0. The molecule has 162 valence electrons. The molecule has 1 saturated heterocycles. The minimum Gasteiger partial charge on any atom is -0.337 e. The van der Waals surface area contributed by atoms with Crippen LogP contribution < -0.4 is 4.72 Å². The molecule has 9 heteroatoms. The monoisotopic (exact) mass is 456 g/mol. The first-order valence-electron chi connectivity index (χ1n) is 10.5. The van der Waals surface area contributed by atoms with Crippen LogP contribution in [-0.4, -0.2) is 48.1 Å². The van der Waals surface area contributed by atoms with Gasteiger partial charge in [-0.05, 0) is 55.3 Å². The van der Waals surface area contributed by atoms with Gasteiger partial charge in [0.25, 0.3) is 5.91 Å². The Morgan fingerprint density at radius 2 is 1.77 bits per heavy atom. The molecule has 0 bridgehead atoms. The molecule has 1 amide bonds. The van der Waals surface area contributed by atoms with Crippen molar-refractivity contribution in [3.63, 3.8) is 0 Å². The summed E-state index contributed by atoms with van der Waals surface area (Å²) in [6, 6.07) is 14.8. The number of hydrogen-bond donors (Lipinski definition) is 1. The third-order valence-electron chi connectivity index (χ3n) is 5.81. The molecule has 1 saturated carbocycles. The lowest BCUT2D eigenvalue weighted by Crippen LogP contribution is -2.46. The van der Waals surface area contributed by atoms with Gasteiger partial charge in [0.2, 0.25) is 10.0 Å². The van der Waals surface area contributed by atoms with E-state index < -0.39 is 10.0 Å². The summed E-state index contributed by atoms with van der Waals surface area (Å²) in [5, 5.41) is 6.48. The van der Waals surface area contributed by atoms with Crippen LogP contribution in [0.4, 0.5) is 0 Å². The van der Waals surface area contributed by atoms with Gasteiger partial charge < -0.3 is 4.90 Å². The first-order valence-corrected chi connectivity index (χ1v) is 12.9. The predicted molar refractivity (Wildman–Crippen MR) is 119 cm³/mol. The van der Waals surface area contributed by atoms with E-state index in [0.29, 0.717) is 41.8 Å². The molecule has 0 unspecified atom stereocenters. The Balaban J connectivity index is 1.30. The van der Waals surface area contributed by atoms with Crippen LogP contribution >= 0.6 is 11.3 Å². The summed E-state index contributed by atoms with van der Waals surface area (Å²) in [5.41, 5.74) is 2.42. The molecule has 2 aromatic heterocycles. The van der Waals surface area contributed by atoms with Gasteiger partial charge in [0.15, 0.2) is 0 Å². The first kappa shape index (κ1) is 20.4. The average Bonchev–Trinajstić information content (AvgIpc) is 3.28. The van der Waals surface area contributed by atoms with Gasteiger partial charge in [-0.1, -0.05) is 24.3 Å². The van der Waals surface area contributed by atoms with Gasteiger partial charge >= 0.3 is 0 Å². The number of nitrogens with one attached hydrogen (secondary N) is 1. The predicted octanol–water partition coefficient (Wildman–Crippen LogP) is 3.39. The van der Waals surface area contributed by atoms with Crippen molar-refractivity contribution in [1.82, 2.24) is 19.4 Å². The molecule has 2 aliphatic rings. The second kappa shape index (κ2) is 8.22. The molecule has 3 aromatic rings. The lowest BCUT2D eigenvalue weighted by atomic mass is 10.1. The van der Waals surface area contributed by atoms with Crippen LogP contribution in [0.1, 0.15) is 47.8 Å². The average molecular weight is 457 g/mol. The number of amides is 1. The highest BCUT2D eigenvalue weighted by molar-refractivity contribution is 7.91. The van der Waals surface area contributed by atoms with Crippen molar-refractivity contribution in [3.8, 4) is 5.69 Å². The van der Waals surface area contributed by atoms with Gasteiger partial charge in [-0.25, -0.2) is 17.8 Å². The molecule has 31 heavy (non-hydrogen) atoms. The van der Waals surface area contributed by atoms with E-state index >= 15 is 0 Å². The van der Waals surface area contributed by atoms with Crippen LogP contribution in [-0.2, 0) is 10.0 Å². The third kappa shape index (κ3) is 4.30. The van der Waals surface area contributed by atoms with Gasteiger partial charge in [0, 0.05) is 25.0 Å². The van der Waals surface area contributed by atoms with E-state index in [1.54, 1.807) is 22.2 Å². The fraction of sp³-hybridized carbons (Fsp3) is 0.364. The number of carbonyl (C=O) groups is 1. The molecule has 1 aliphatic carbocycles. The van der Waals surface area contributed by atoms with Crippen molar-refractivity contribution in [2.24, 2.45) is 0 Å². The zero-order valence-electron chi connectivity index (χ0n) is 17.0. The van der Waals surface area contributed by atoms with Crippen molar-refractivity contribution < 1.29 is 13.2 Å². The smallest absolute Gasteiger partial charge is 0.272 e. The lowest BCUT2D eigenvalue weighted by molar-refractivity contribution is 0.0702. The number of sulfonamides is 1. The maximum Gasteiger partial charge on any atom is 0.272 e. The van der Waals surface area contributed by atoms with E-state index in [1.807, 2.05) is 41.3 Å². The second-order valence-corrected chi connectivity index (χ2v) is 11.0. The highest BCUT2D eigenvalue weighted by Gasteiger charge is 2.32. The van der Waals surface area contributed by atoms with Crippen LogP contribution in [0.5, 0.6) is 0 Å². The largest absolute Gasteiger partial charge is 0.337 e. The Hall–Kier alpha value is -2.49. The van der Waals surface area contributed by atoms with Crippen LogP contribution in [0.3, 0.4) is 0 Å². The topological polar surface area (TPSA) is 84.3 Å².